The lowest BCUT2D eigenvalue weighted by Crippen LogP contribution is -2.37. The number of imidazole rings is 1. The van der Waals surface area contributed by atoms with E-state index in [2.05, 4.69) is 10.3 Å². The Morgan fingerprint density at radius 3 is 2.96 bits per heavy atom. The van der Waals surface area contributed by atoms with Crippen LogP contribution < -0.4 is 15.7 Å². The molecule has 0 saturated heterocycles. The van der Waals surface area contributed by atoms with Crippen LogP contribution in [0.3, 0.4) is 0 Å². The molecule has 1 atom stereocenters. The Labute approximate surface area is 157 Å². The SMILES string of the molecule is CCc1cc(=O)oc2cc(O[C@H](C)C(=O)NCCCn3ccnc3)ccc12. The Morgan fingerprint density at radius 1 is 1.37 bits per heavy atom. The molecule has 27 heavy (non-hydrogen) atoms. The molecule has 0 bridgehead atoms. The van der Waals surface area contributed by atoms with Gasteiger partial charge in [-0.1, -0.05) is 6.92 Å². The molecule has 1 amide bonds. The first kappa shape index (κ1) is 18.7. The molecule has 1 aromatic carbocycles. The molecule has 1 N–H and O–H groups in total. The van der Waals surface area contributed by atoms with Crippen LogP contribution in [0, 0.1) is 0 Å². The summed E-state index contributed by atoms with van der Waals surface area (Å²) in [5, 5.41) is 3.73. The Bertz CT molecular complexity index is 963. The van der Waals surface area contributed by atoms with Gasteiger partial charge in [-0.25, -0.2) is 9.78 Å². The predicted octanol–water partition coefficient (Wildman–Crippen LogP) is 2.53. The minimum absolute atomic E-state index is 0.190. The minimum Gasteiger partial charge on any atom is -0.481 e. The molecule has 0 aliphatic rings. The summed E-state index contributed by atoms with van der Waals surface area (Å²) in [5.41, 5.74) is 1.00. The number of ether oxygens (including phenoxy) is 1. The van der Waals surface area contributed by atoms with Crippen LogP contribution >= 0.6 is 0 Å². The van der Waals surface area contributed by atoms with Crippen LogP contribution in [0.2, 0.25) is 0 Å². The number of amides is 1. The molecule has 142 valence electrons. The second-order valence-corrected chi connectivity index (χ2v) is 6.31. The zero-order chi connectivity index (χ0) is 19.2. The summed E-state index contributed by atoms with van der Waals surface area (Å²) in [7, 11) is 0. The van der Waals surface area contributed by atoms with E-state index in [9.17, 15) is 9.59 Å². The van der Waals surface area contributed by atoms with Crippen molar-refractivity contribution in [2.45, 2.75) is 39.3 Å². The molecule has 2 heterocycles. The highest BCUT2D eigenvalue weighted by Crippen LogP contribution is 2.23. The number of rotatable bonds is 8. The maximum absolute atomic E-state index is 12.2. The summed E-state index contributed by atoms with van der Waals surface area (Å²) in [6, 6.07) is 6.79. The molecule has 0 radical (unpaired) electrons. The maximum Gasteiger partial charge on any atom is 0.336 e. The second-order valence-electron chi connectivity index (χ2n) is 6.31. The van der Waals surface area contributed by atoms with E-state index < -0.39 is 6.10 Å². The number of fused-ring (bicyclic) bond motifs is 1. The topological polar surface area (TPSA) is 86.4 Å². The molecule has 0 spiro atoms. The summed E-state index contributed by atoms with van der Waals surface area (Å²) < 4.78 is 12.9. The zero-order valence-corrected chi connectivity index (χ0v) is 15.5. The smallest absolute Gasteiger partial charge is 0.336 e. The number of hydrogen-bond donors (Lipinski definition) is 1. The van der Waals surface area contributed by atoms with Gasteiger partial charge in [0.2, 0.25) is 0 Å². The van der Waals surface area contributed by atoms with E-state index in [0.29, 0.717) is 17.9 Å². The van der Waals surface area contributed by atoms with Gasteiger partial charge in [0.05, 0.1) is 6.33 Å². The lowest BCUT2D eigenvalue weighted by atomic mass is 10.1. The first-order valence-electron chi connectivity index (χ1n) is 9.03. The van der Waals surface area contributed by atoms with Crippen molar-refractivity contribution in [2.24, 2.45) is 0 Å². The molecule has 3 rings (SSSR count). The molecular formula is C20H23N3O4. The molecule has 7 nitrogen and oxygen atoms in total. The van der Waals surface area contributed by atoms with Gasteiger partial charge in [0.15, 0.2) is 6.10 Å². The largest absolute Gasteiger partial charge is 0.481 e. The monoisotopic (exact) mass is 369 g/mol. The third kappa shape index (κ3) is 4.75. The maximum atomic E-state index is 12.2. The number of carbonyl (C=O) groups excluding carboxylic acids is 1. The Balaban J connectivity index is 1.57. The van der Waals surface area contributed by atoms with Crippen LogP contribution in [0.25, 0.3) is 11.0 Å². The van der Waals surface area contributed by atoms with Gasteiger partial charge in [-0.15, -0.1) is 0 Å². The summed E-state index contributed by atoms with van der Waals surface area (Å²) in [4.78, 5) is 27.8. The van der Waals surface area contributed by atoms with Crippen LogP contribution in [-0.4, -0.2) is 28.1 Å². The van der Waals surface area contributed by atoms with Crippen molar-refractivity contribution in [1.29, 1.82) is 0 Å². The fourth-order valence-corrected chi connectivity index (χ4v) is 2.87. The zero-order valence-electron chi connectivity index (χ0n) is 15.5. The fraction of sp³-hybridized carbons (Fsp3) is 0.350. The van der Waals surface area contributed by atoms with Gasteiger partial charge in [0.1, 0.15) is 11.3 Å². The highest BCUT2D eigenvalue weighted by molar-refractivity contribution is 5.82. The summed E-state index contributed by atoms with van der Waals surface area (Å²) in [5.74, 6) is 0.296. The van der Waals surface area contributed by atoms with Crippen molar-refractivity contribution >= 4 is 16.9 Å². The summed E-state index contributed by atoms with van der Waals surface area (Å²) in [6.45, 7) is 5.02. The van der Waals surface area contributed by atoms with E-state index in [1.807, 2.05) is 23.8 Å². The average molecular weight is 369 g/mol. The van der Waals surface area contributed by atoms with E-state index in [4.69, 9.17) is 9.15 Å². The lowest BCUT2D eigenvalue weighted by molar-refractivity contribution is -0.127. The first-order valence-corrected chi connectivity index (χ1v) is 9.03. The van der Waals surface area contributed by atoms with Crippen LogP contribution in [0.15, 0.2) is 52.2 Å². The number of carbonyl (C=O) groups is 1. The van der Waals surface area contributed by atoms with Crippen LogP contribution in [0.4, 0.5) is 0 Å². The van der Waals surface area contributed by atoms with Gasteiger partial charge >= 0.3 is 5.63 Å². The van der Waals surface area contributed by atoms with E-state index in [1.165, 1.54) is 6.07 Å². The van der Waals surface area contributed by atoms with Crippen molar-refractivity contribution in [3.63, 3.8) is 0 Å². The summed E-state index contributed by atoms with van der Waals surface area (Å²) in [6.07, 6.45) is 6.24. The molecular weight excluding hydrogens is 346 g/mol. The predicted molar refractivity (Wildman–Crippen MR) is 102 cm³/mol. The number of aromatic nitrogens is 2. The fourth-order valence-electron chi connectivity index (χ4n) is 2.87. The number of nitrogens with one attached hydrogen (secondary N) is 1. The Kier molecular flexibility index (Phi) is 5.90. The molecule has 0 aliphatic heterocycles. The standard InChI is InChI=1S/C20H23N3O4/c1-3-15-11-19(24)27-18-12-16(5-6-17(15)18)26-14(2)20(25)22-7-4-9-23-10-8-21-13-23/h5-6,8,10-14H,3-4,7,9H2,1-2H3,(H,22,25)/t14-/m1/s1. The number of benzene rings is 1. The van der Waals surface area contributed by atoms with Crippen LogP contribution in [0.5, 0.6) is 5.75 Å². The molecule has 3 aromatic rings. The van der Waals surface area contributed by atoms with E-state index in [-0.39, 0.29) is 11.5 Å². The Hall–Kier alpha value is -3.09. The van der Waals surface area contributed by atoms with Gasteiger partial charge in [-0.2, -0.15) is 0 Å². The number of hydrogen-bond acceptors (Lipinski definition) is 5. The quantitative estimate of drug-likeness (QED) is 0.487. The van der Waals surface area contributed by atoms with E-state index in [0.717, 1.165) is 30.3 Å². The van der Waals surface area contributed by atoms with Crippen molar-refractivity contribution in [1.82, 2.24) is 14.9 Å². The number of nitrogens with zero attached hydrogens (tertiary/aromatic N) is 2. The van der Waals surface area contributed by atoms with Gasteiger partial charge in [0.25, 0.3) is 5.91 Å². The molecule has 0 aliphatic carbocycles. The van der Waals surface area contributed by atoms with Crippen LogP contribution in [-0.2, 0) is 17.8 Å². The van der Waals surface area contributed by atoms with Crippen molar-refractivity contribution in [2.75, 3.05) is 6.54 Å². The van der Waals surface area contributed by atoms with Crippen molar-refractivity contribution in [3.05, 3.63) is 59.0 Å². The highest BCUT2D eigenvalue weighted by Gasteiger charge is 2.15. The minimum atomic E-state index is -0.656. The van der Waals surface area contributed by atoms with Crippen molar-refractivity contribution < 1.29 is 13.9 Å². The third-order valence-electron chi connectivity index (χ3n) is 4.32. The lowest BCUT2D eigenvalue weighted by Gasteiger charge is -2.15. The Morgan fingerprint density at radius 2 is 2.22 bits per heavy atom. The molecule has 0 saturated carbocycles. The van der Waals surface area contributed by atoms with Gasteiger partial charge in [-0.3, -0.25) is 4.79 Å². The van der Waals surface area contributed by atoms with E-state index in [1.54, 1.807) is 31.6 Å². The van der Waals surface area contributed by atoms with Crippen molar-refractivity contribution in [3.8, 4) is 5.75 Å². The first-order chi connectivity index (χ1) is 13.1. The van der Waals surface area contributed by atoms with Gasteiger partial charge in [-0.05, 0) is 37.5 Å². The second kappa shape index (κ2) is 8.53. The normalized spacial score (nSPS) is 12.1. The number of aryl methyl sites for hydroxylation is 2. The third-order valence-corrected chi connectivity index (χ3v) is 4.32. The molecule has 2 aromatic heterocycles. The molecule has 7 heteroatoms. The summed E-state index contributed by atoms with van der Waals surface area (Å²) >= 11 is 0. The van der Waals surface area contributed by atoms with Gasteiger partial charge < -0.3 is 19.0 Å². The molecule has 0 fully saturated rings. The average Bonchev–Trinajstić information content (AvgIpc) is 3.17. The highest BCUT2D eigenvalue weighted by atomic mass is 16.5. The van der Waals surface area contributed by atoms with Crippen LogP contribution in [0.1, 0.15) is 25.8 Å². The molecule has 0 unspecified atom stereocenters. The van der Waals surface area contributed by atoms with E-state index >= 15 is 0 Å². The van der Waals surface area contributed by atoms with Gasteiger partial charge in [0, 0.05) is 43.0 Å².